The number of benzene rings is 1. The smallest absolute Gasteiger partial charge is 0.157 e. The van der Waals surface area contributed by atoms with Crippen molar-refractivity contribution < 1.29 is 4.74 Å². The standard InChI is InChI=1S/C23H27N5O/c1-2-17-7-10-28(16-17)23-22-21(24-8-9-25-22)15-20(26-23)18-3-5-19(6-4-18)27-11-13-29-14-12-27/h3-6,8-9,15,17H,2,7,10-14,16H2,1H3/t17-/m1/s1. The summed E-state index contributed by atoms with van der Waals surface area (Å²) in [5.74, 6) is 1.71. The van der Waals surface area contributed by atoms with E-state index in [1.165, 1.54) is 18.5 Å². The molecule has 2 aliphatic heterocycles. The highest BCUT2D eigenvalue weighted by Gasteiger charge is 2.25. The first kappa shape index (κ1) is 18.3. The Balaban J connectivity index is 1.50. The molecular formula is C23H27N5O. The van der Waals surface area contributed by atoms with Gasteiger partial charge in [0.2, 0.25) is 0 Å². The van der Waals surface area contributed by atoms with Gasteiger partial charge in [0.25, 0.3) is 0 Å². The second-order valence-corrected chi connectivity index (χ2v) is 7.91. The Labute approximate surface area is 171 Å². The summed E-state index contributed by atoms with van der Waals surface area (Å²) in [6, 6.07) is 10.8. The van der Waals surface area contributed by atoms with Gasteiger partial charge in [0.05, 0.1) is 24.4 Å². The fourth-order valence-corrected chi connectivity index (χ4v) is 4.35. The van der Waals surface area contributed by atoms with Gasteiger partial charge in [-0.1, -0.05) is 25.5 Å². The Morgan fingerprint density at radius 2 is 1.79 bits per heavy atom. The number of aromatic nitrogens is 3. The van der Waals surface area contributed by atoms with Gasteiger partial charge in [0, 0.05) is 49.8 Å². The molecular weight excluding hydrogens is 362 g/mol. The van der Waals surface area contributed by atoms with Crippen molar-refractivity contribution >= 4 is 22.5 Å². The second-order valence-electron chi connectivity index (χ2n) is 7.91. The normalized spacial score (nSPS) is 19.8. The van der Waals surface area contributed by atoms with Crippen molar-refractivity contribution in [2.24, 2.45) is 5.92 Å². The van der Waals surface area contributed by atoms with E-state index in [2.05, 4.69) is 57.0 Å². The Morgan fingerprint density at radius 1 is 1.00 bits per heavy atom. The van der Waals surface area contributed by atoms with Crippen LogP contribution in [0.3, 0.4) is 0 Å². The van der Waals surface area contributed by atoms with E-state index in [1.807, 2.05) is 0 Å². The largest absolute Gasteiger partial charge is 0.378 e. The Morgan fingerprint density at radius 3 is 2.55 bits per heavy atom. The number of rotatable bonds is 4. The van der Waals surface area contributed by atoms with Crippen molar-refractivity contribution in [2.45, 2.75) is 19.8 Å². The monoisotopic (exact) mass is 389 g/mol. The molecule has 4 heterocycles. The third-order valence-electron chi connectivity index (χ3n) is 6.14. The molecule has 0 unspecified atom stereocenters. The SMILES string of the molecule is CC[C@@H]1CCN(c2nc(-c3ccc(N4CCOCC4)cc3)cc3nccnc23)C1. The summed E-state index contributed by atoms with van der Waals surface area (Å²) in [5, 5.41) is 0. The molecule has 6 nitrogen and oxygen atoms in total. The van der Waals surface area contributed by atoms with Crippen molar-refractivity contribution in [1.29, 1.82) is 0 Å². The average Bonchev–Trinajstić information content (AvgIpc) is 3.28. The zero-order chi connectivity index (χ0) is 19.6. The highest BCUT2D eigenvalue weighted by atomic mass is 16.5. The lowest BCUT2D eigenvalue weighted by atomic mass is 10.1. The molecule has 1 atom stereocenters. The zero-order valence-corrected chi connectivity index (χ0v) is 16.9. The molecule has 2 saturated heterocycles. The summed E-state index contributed by atoms with van der Waals surface area (Å²) in [6.07, 6.45) is 5.95. The van der Waals surface area contributed by atoms with E-state index < -0.39 is 0 Å². The van der Waals surface area contributed by atoms with Crippen LogP contribution in [-0.2, 0) is 4.74 Å². The summed E-state index contributed by atoms with van der Waals surface area (Å²) < 4.78 is 5.46. The minimum Gasteiger partial charge on any atom is -0.378 e. The van der Waals surface area contributed by atoms with Gasteiger partial charge in [-0.15, -0.1) is 0 Å². The van der Waals surface area contributed by atoms with E-state index in [4.69, 9.17) is 9.72 Å². The van der Waals surface area contributed by atoms with Crippen molar-refractivity contribution in [3.05, 3.63) is 42.7 Å². The van der Waals surface area contributed by atoms with Crippen LogP contribution in [0.25, 0.3) is 22.3 Å². The van der Waals surface area contributed by atoms with Crippen molar-refractivity contribution in [3.63, 3.8) is 0 Å². The predicted octanol–water partition coefficient (Wildman–Crippen LogP) is 3.76. The van der Waals surface area contributed by atoms with Crippen LogP contribution in [0.1, 0.15) is 19.8 Å². The van der Waals surface area contributed by atoms with Gasteiger partial charge in [0.15, 0.2) is 5.82 Å². The number of nitrogens with zero attached hydrogens (tertiary/aromatic N) is 5. The van der Waals surface area contributed by atoms with Gasteiger partial charge >= 0.3 is 0 Å². The highest BCUT2D eigenvalue weighted by molar-refractivity contribution is 5.89. The van der Waals surface area contributed by atoms with Crippen LogP contribution in [-0.4, -0.2) is 54.3 Å². The lowest BCUT2D eigenvalue weighted by molar-refractivity contribution is 0.122. The van der Waals surface area contributed by atoms with Crippen LogP contribution in [0, 0.1) is 5.92 Å². The van der Waals surface area contributed by atoms with E-state index in [0.29, 0.717) is 0 Å². The molecule has 0 bridgehead atoms. The molecule has 3 aromatic rings. The predicted molar refractivity (Wildman–Crippen MR) is 116 cm³/mol. The van der Waals surface area contributed by atoms with Gasteiger partial charge in [0.1, 0.15) is 5.52 Å². The first-order valence-electron chi connectivity index (χ1n) is 10.6. The fraction of sp³-hybridized carbons (Fsp3) is 0.435. The van der Waals surface area contributed by atoms with E-state index >= 15 is 0 Å². The van der Waals surface area contributed by atoms with Gasteiger partial charge < -0.3 is 14.5 Å². The molecule has 0 radical (unpaired) electrons. The molecule has 5 rings (SSSR count). The summed E-state index contributed by atoms with van der Waals surface area (Å²) >= 11 is 0. The Hall–Kier alpha value is -2.73. The van der Waals surface area contributed by atoms with Crippen molar-refractivity contribution in [2.75, 3.05) is 49.2 Å². The van der Waals surface area contributed by atoms with E-state index in [-0.39, 0.29) is 0 Å². The third-order valence-corrected chi connectivity index (χ3v) is 6.14. The molecule has 150 valence electrons. The maximum atomic E-state index is 5.46. The topological polar surface area (TPSA) is 54.4 Å². The molecule has 29 heavy (non-hydrogen) atoms. The number of hydrogen-bond donors (Lipinski definition) is 0. The number of fused-ring (bicyclic) bond motifs is 1. The fourth-order valence-electron chi connectivity index (χ4n) is 4.35. The number of pyridine rings is 1. The first-order valence-corrected chi connectivity index (χ1v) is 10.6. The van der Waals surface area contributed by atoms with E-state index in [0.717, 1.165) is 73.4 Å². The maximum Gasteiger partial charge on any atom is 0.157 e. The molecule has 2 fully saturated rings. The summed E-state index contributed by atoms with van der Waals surface area (Å²) in [5.41, 5.74) is 5.12. The van der Waals surface area contributed by atoms with Gasteiger partial charge in [-0.2, -0.15) is 0 Å². The number of ether oxygens (including phenoxy) is 1. The molecule has 0 saturated carbocycles. The van der Waals surface area contributed by atoms with Crippen LogP contribution in [0.15, 0.2) is 42.7 Å². The molecule has 0 spiro atoms. The van der Waals surface area contributed by atoms with Crippen LogP contribution in [0.2, 0.25) is 0 Å². The van der Waals surface area contributed by atoms with E-state index in [1.54, 1.807) is 12.4 Å². The molecule has 6 heteroatoms. The highest BCUT2D eigenvalue weighted by Crippen LogP contribution is 2.32. The van der Waals surface area contributed by atoms with Crippen LogP contribution >= 0.6 is 0 Å². The van der Waals surface area contributed by atoms with Crippen molar-refractivity contribution in [1.82, 2.24) is 15.0 Å². The summed E-state index contributed by atoms with van der Waals surface area (Å²) in [4.78, 5) is 19.0. The second kappa shape index (κ2) is 7.95. The van der Waals surface area contributed by atoms with E-state index in [9.17, 15) is 0 Å². The van der Waals surface area contributed by atoms with Gasteiger partial charge in [-0.05, 0) is 30.5 Å². The molecule has 0 aliphatic carbocycles. The number of hydrogen-bond acceptors (Lipinski definition) is 6. The minimum absolute atomic E-state index is 0.736. The quantitative estimate of drug-likeness (QED) is 0.677. The first-order chi connectivity index (χ1) is 14.3. The molecule has 2 aromatic heterocycles. The Kier molecular flexibility index (Phi) is 5.02. The van der Waals surface area contributed by atoms with Crippen LogP contribution < -0.4 is 9.80 Å². The summed E-state index contributed by atoms with van der Waals surface area (Å²) in [6.45, 7) is 7.84. The number of anilines is 2. The van der Waals surface area contributed by atoms with Crippen LogP contribution in [0.4, 0.5) is 11.5 Å². The Bertz CT molecular complexity index is 984. The van der Waals surface area contributed by atoms with Crippen molar-refractivity contribution in [3.8, 4) is 11.3 Å². The van der Waals surface area contributed by atoms with Gasteiger partial charge in [-0.25, -0.2) is 9.97 Å². The zero-order valence-electron chi connectivity index (χ0n) is 16.9. The molecule has 0 N–H and O–H groups in total. The van der Waals surface area contributed by atoms with Crippen LogP contribution in [0.5, 0.6) is 0 Å². The summed E-state index contributed by atoms with van der Waals surface area (Å²) in [7, 11) is 0. The van der Waals surface area contributed by atoms with Gasteiger partial charge in [-0.3, -0.25) is 4.98 Å². The minimum atomic E-state index is 0.736. The third kappa shape index (κ3) is 3.65. The molecule has 0 amide bonds. The lowest BCUT2D eigenvalue weighted by Crippen LogP contribution is -2.36. The average molecular weight is 390 g/mol. The lowest BCUT2D eigenvalue weighted by Gasteiger charge is -2.29. The number of morpholine rings is 1. The maximum absolute atomic E-state index is 5.46. The molecule has 1 aromatic carbocycles. The molecule has 2 aliphatic rings.